The number of methoxy groups -OCH3 is 1. The highest BCUT2D eigenvalue weighted by molar-refractivity contribution is 5.64. The summed E-state index contributed by atoms with van der Waals surface area (Å²) in [4.78, 5) is 10.4. The molecular weight excluding hydrogens is 252 g/mol. The molecule has 0 heterocycles. The number of hydrogen-bond acceptors (Lipinski definition) is 3. The Labute approximate surface area is 121 Å². The normalized spacial score (nSPS) is 14.4. The van der Waals surface area contributed by atoms with Crippen LogP contribution in [0.3, 0.4) is 0 Å². The summed E-state index contributed by atoms with van der Waals surface area (Å²) >= 11 is 0. The Morgan fingerprint density at radius 3 is 2.30 bits per heavy atom. The Hall–Kier alpha value is -1.61. The number of ether oxygens (including phenoxy) is 2. The van der Waals surface area contributed by atoms with Gasteiger partial charge in [0.15, 0.2) is 0 Å². The van der Waals surface area contributed by atoms with Gasteiger partial charge in [0.2, 0.25) is 0 Å². The Morgan fingerprint density at radius 2 is 1.80 bits per heavy atom. The average Bonchev–Trinajstić information content (AvgIpc) is 2.45. The van der Waals surface area contributed by atoms with Gasteiger partial charge in [-0.3, -0.25) is 4.79 Å². The zero-order valence-electron chi connectivity index (χ0n) is 12.7. The molecule has 0 saturated carbocycles. The molecule has 0 bridgehead atoms. The van der Waals surface area contributed by atoms with Gasteiger partial charge in [-0.1, -0.05) is 39.0 Å². The maximum Gasteiger partial charge on any atom is 0.142 e. The molecule has 0 unspecified atom stereocenters. The zero-order valence-corrected chi connectivity index (χ0v) is 12.7. The molecule has 0 fully saturated rings. The summed E-state index contributed by atoms with van der Waals surface area (Å²) in [7, 11) is 1.65. The van der Waals surface area contributed by atoms with E-state index in [2.05, 4.69) is 20.8 Å². The largest absolute Gasteiger partial charge is 0.497 e. The van der Waals surface area contributed by atoms with Gasteiger partial charge in [-0.2, -0.15) is 0 Å². The first-order valence-electron chi connectivity index (χ1n) is 6.95. The minimum absolute atomic E-state index is 0.0910. The number of allylic oxidation sites excluding steroid dienone is 1. The van der Waals surface area contributed by atoms with E-state index in [1.54, 1.807) is 7.11 Å². The van der Waals surface area contributed by atoms with Crippen molar-refractivity contribution in [2.75, 3.05) is 7.11 Å². The van der Waals surface area contributed by atoms with Gasteiger partial charge in [-0.25, -0.2) is 0 Å². The van der Waals surface area contributed by atoms with Crippen molar-refractivity contribution in [2.45, 2.75) is 33.5 Å². The fourth-order valence-corrected chi connectivity index (χ4v) is 2.20. The standard InChI is InChI=1S/C17H24O3/c1-13(2)17(14(3)6-5-11-18)20-12-15-7-9-16(19-4)10-8-15/h5-11,13-14,17H,12H2,1-4H3/b6-5+/t14-,17-/m0/s1. The molecule has 0 aromatic heterocycles. The summed E-state index contributed by atoms with van der Waals surface area (Å²) in [5.74, 6) is 1.44. The summed E-state index contributed by atoms with van der Waals surface area (Å²) in [5, 5.41) is 0. The number of carbonyl (C=O) groups excluding carboxylic acids is 1. The van der Waals surface area contributed by atoms with Crippen LogP contribution in [-0.2, 0) is 16.1 Å². The van der Waals surface area contributed by atoms with E-state index in [1.807, 2.05) is 30.3 Å². The van der Waals surface area contributed by atoms with E-state index in [9.17, 15) is 4.79 Å². The fraction of sp³-hybridized carbons (Fsp3) is 0.471. The first kappa shape index (κ1) is 16.4. The van der Waals surface area contributed by atoms with E-state index in [0.29, 0.717) is 12.5 Å². The molecule has 0 aliphatic carbocycles. The van der Waals surface area contributed by atoms with E-state index in [0.717, 1.165) is 17.6 Å². The highest BCUT2D eigenvalue weighted by Gasteiger charge is 2.19. The first-order valence-corrected chi connectivity index (χ1v) is 6.95. The molecular formula is C17H24O3. The second-order valence-corrected chi connectivity index (χ2v) is 5.25. The van der Waals surface area contributed by atoms with Crippen molar-refractivity contribution in [1.29, 1.82) is 0 Å². The van der Waals surface area contributed by atoms with Crippen LogP contribution in [0, 0.1) is 11.8 Å². The lowest BCUT2D eigenvalue weighted by atomic mass is 9.94. The summed E-state index contributed by atoms with van der Waals surface area (Å²) in [6.45, 7) is 6.89. The Balaban J connectivity index is 2.61. The molecule has 1 aromatic carbocycles. The van der Waals surface area contributed by atoms with Crippen LogP contribution >= 0.6 is 0 Å². The predicted molar refractivity (Wildman–Crippen MR) is 80.8 cm³/mol. The summed E-state index contributed by atoms with van der Waals surface area (Å²) in [5.41, 5.74) is 1.11. The maximum atomic E-state index is 10.4. The first-order chi connectivity index (χ1) is 9.58. The second kappa shape index (κ2) is 8.54. The van der Waals surface area contributed by atoms with Gasteiger partial charge in [-0.15, -0.1) is 0 Å². The van der Waals surface area contributed by atoms with Gasteiger partial charge in [0, 0.05) is 5.92 Å². The Bertz CT molecular complexity index is 420. The van der Waals surface area contributed by atoms with Crippen LogP contribution in [-0.4, -0.2) is 19.5 Å². The van der Waals surface area contributed by atoms with Crippen molar-refractivity contribution < 1.29 is 14.3 Å². The summed E-state index contributed by atoms with van der Waals surface area (Å²) in [6.07, 6.45) is 4.33. The van der Waals surface area contributed by atoms with E-state index < -0.39 is 0 Å². The molecule has 1 aromatic rings. The summed E-state index contributed by atoms with van der Waals surface area (Å²) < 4.78 is 11.1. The quantitative estimate of drug-likeness (QED) is 0.537. The molecule has 2 atom stereocenters. The van der Waals surface area contributed by atoms with Crippen molar-refractivity contribution >= 4 is 6.29 Å². The molecule has 0 spiro atoms. The van der Waals surface area contributed by atoms with Gasteiger partial charge in [-0.05, 0) is 29.7 Å². The van der Waals surface area contributed by atoms with Gasteiger partial charge < -0.3 is 9.47 Å². The van der Waals surface area contributed by atoms with Crippen molar-refractivity contribution in [3.8, 4) is 5.75 Å². The number of rotatable bonds is 8. The molecule has 0 N–H and O–H groups in total. The Kier molecular flexibility index (Phi) is 7.02. The molecule has 0 radical (unpaired) electrons. The third kappa shape index (κ3) is 5.17. The van der Waals surface area contributed by atoms with Crippen molar-refractivity contribution in [1.82, 2.24) is 0 Å². The van der Waals surface area contributed by atoms with Crippen molar-refractivity contribution in [3.63, 3.8) is 0 Å². The van der Waals surface area contributed by atoms with Gasteiger partial charge >= 0.3 is 0 Å². The van der Waals surface area contributed by atoms with Crippen LogP contribution in [0.2, 0.25) is 0 Å². The van der Waals surface area contributed by atoms with Crippen molar-refractivity contribution in [3.05, 3.63) is 42.0 Å². The van der Waals surface area contributed by atoms with E-state index in [4.69, 9.17) is 9.47 Å². The summed E-state index contributed by atoms with van der Waals surface area (Å²) in [6, 6.07) is 7.86. The predicted octanol–water partition coefficient (Wildman–Crippen LogP) is 3.63. The average molecular weight is 276 g/mol. The van der Waals surface area contributed by atoms with E-state index in [1.165, 1.54) is 6.08 Å². The second-order valence-electron chi connectivity index (χ2n) is 5.25. The number of benzene rings is 1. The van der Waals surface area contributed by atoms with Gasteiger partial charge in [0.1, 0.15) is 12.0 Å². The lowest BCUT2D eigenvalue weighted by molar-refractivity contribution is -0.104. The monoisotopic (exact) mass is 276 g/mol. The van der Waals surface area contributed by atoms with Crippen LogP contribution in [0.15, 0.2) is 36.4 Å². The highest BCUT2D eigenvalue weighted by Crippen LogP contribution is 2.20. The van der Waals surface area contributed by atoms with Crippen LogP contribution in [0.25, 0.3) is 0 Å². The maximum absolute atomic E-state index is 10.4. The van der Waals surface area contributed by atoms with Gasteiger partial charge in [0.25, 0.3) is 0 Å². The van der Waals surface area contributed by atoms with Crippen LogP contribution in [0.4, 0.5) is 0 Å². The molecule has 0 amide bonds. The molecule has 0 aliphatic heterocycles. The smallest absolute Gasteiger partial charge is 0.142 e. The minimum atomic E-state index is 0.0910. The van der Waals surface area contributed by atoms with E-state index in [-0.39, 0.29) is 12.0 Å². The number of carbonyl (C=O) groups is 1. The third-order valence-corrected chi connectivity index (χ3v) is 3.27. The van der Waals surface area contributed by atoms with Crippen LogP contribution in [0.1, 0.15) is 26.3 Å². The molecule has 3 nitrogen and oxygen atoms in total. The van der Waals surface area contributed by atoms with Gasteiger partial charge in [0.05, 0.1) is 19.8 Å². The molecule has 0 aliphatic rings. The SMILES string of the molecule is COc1ccc(CO[C@@H](C(C)C)[C@@H](C)/C=C/C=O)cc1. The molecule has 0 saturated heterocycles. The third-order valence-electron chi connectivity index (χ3n) is 3.27. The van der Waals surface area contributed by atoms with Crippen molar-refractivity contribution in [2.24, 2.45) is 11.8 Å². The lowest BCUT2D eigenvalue weighted by Crippen LogP contribution is -2.26. The Morgan fingerprint density at radius 1 is 1.15 bits per heavy atom. The number of hydrogen-bond donors (Lipinski definition) is 0. The lowest BCUT2D eigenvalue weighted by Gasteiger charge is -2.25. The topological polar surface area (TPSA) is 35.5 Å². The molecule has 3 heteroatoms. The minimum Gasteiger partial charge on any atom is -0.497 e. The molecule has 110 valence electrons. The number of aldehydes is 1. The molecule has 1 rings (SSSR count). The highest BCUT2D eigenvalue weighted by atomic mass is 16.5. The van der Waals surface area contributed by atoms with Crippen LogP contribution < -0.4 is 4.74 Å². The zero-order chi connectivity index (χ0) is 15.0. The van der Waals surface area contributed by atoms with Crippen LogP contribution in [0.5, 0.6) is 5.75 Å². The fourth-order valence-electron chi connectivity index (χ4n) is 2.20. The molecule has 20 heavy (non-hydrogen) atoms. The van der Waals surface area contributed by atoms with E-state index >= 15 is 0 Å².